The van der Waals surface area contributed by atoms with Crippen LogP contribution in [0.2, 0.25) is 0 Å². The van der Waals surface area contributed by atoms with E-state index < -0.39 is 51.3 Å². The molecule has 0 fully saturated rings. The molecule has 0 bridgehead atoms. The lowest BCUT2D eigenvalue weighted by Gasteiger charge is -2.36. The predicted molar refractivity (Wildman–Crippen MR) is 118 cm³/mol. The van der Waals surface area contributed by atoms with Crippen LogP contribution in [-0.2, 0) is 31.5 Å². The van der Waals surface area contributed by atoms with Gasteiger partial charge < -0.3 is 10.2 Å². The van der Waals surface area contributed by atoms with E-state index in [9.17, 15) is 48.7 Å². The molecule has 1 aliphatic heterocycles. The fourth-order valence-electron chi connectivity index (χ4n) is 4.07. The van der Waals surface area contributed by atoms with Crippen molar-refractivity contribution in [2.75, 3.05) is 17.6 Å². The summed E-state index contributed by atoms with van der Waals surface area (Å²) in [6, 6.07) is 4.68. The molecule has 0 aromatic heterocycles. The summed E-state index contributed by atoms with van der Waals surface area (Å²) in [5, 5.41) is 2.31. The molecule has 37 heavy (non-hydrogen) atoms. The van der Waals surface area contributed by atoms with Gasteiger partial charge in [0.2, 0.25) is 5.91 Å². The van der Waals surface area contributed by atoms with E-state index in [-0.39, 0.29) is 41.4 Å². The van der Waals surface area contributed by atoms with Gasteiger partial charge in [0.15, 0.2) is 9.84 Å². The molecule has 1 N–H and O–H groups in total. The van der Waals surface area contributed by atoms with Gasteiger partial charge in [0.25, 0.3) is 5.91 Å². The van der Waals surface area contributed by atoms with Crippen LogP contribution in [0.25, 0.3) is 0 Å². The van der Waals surface area contributed by atoms with Gasteiger partial charge in [0.05, 0.1) is 10.6 Å². The first-order chi connectivity index (χ1) is 16.9. The van der Waals surface area contributed by atoms with Crippen molar-refractivity contribution < 1.29 is 48.7 Å². The highest BCUT2D eigenvalue weighted by atomic mass is 32.2. The summed E-state index contributed by atoms with van der Waals surface area (Å²) < 4.78 is 117. The molecule has 1 unspecified atom stereocenters. The highest BCUT2D eigenvalue weighted by Crippen LogP contribution is 2.53. The van der Waals surface area contributed by atoms with Crippen LogP contribution in [0, 0.1) is 0 Å². The second kappa shape index (κ2) is 9.62. The van der Waals surface area contributed by atoms with Gasteiger partial charge in [0.1, 0.15) is 6.04 Å². The molecule has 0 radical (unpaired) electrons. The van der Waals surface area contributed by atoms with Crippen LogP contribution in [-0.4, -0.2) is 49.8 Å². The Morgan fingerprint density at radius 2 is 1.54 bits per heavy atom. The minimum absolute atomic E-state index is 0.0313. The van der Waals surface area contributed by atoms with E-state index in [1.165, 1.54) is 36.9 Å². The van der Waals surface area contributed by atoms with Crippen molar-refractivity contribution in [2.24, 2.45) is 0 Å². The summed E-state index contributed by atoms with van der Waals surface area (Å²) in [5.74, 6) is -1.51. The van der Waals surface area contributed by atoms with Gasteiger partial charge in [0, 0.05) is 24.7 Å². The Labute approximate surface area is 207 Å². The Morgan fingerprint density at radius 1 is 0.973 bits per heavy atom. The lowest BCUT2D eigenvalue weighted by atomic mass is 9.91. The molecule has 2 aromatic carbocycles. The lowest BCUT2D eigenvalue weighted by Crippen LogP contribution is -2.50. The molecule has 2 aromatic rings. The third kappa shape index (κ3) is 5.15. The number of anilines is 1. The Bertz CT molecular complexity index is 1290. The van der Waals surface area contributed by atoms with Gasteiger partial charge in [-0.1, -0.05) is 25.1 Å². The highest BCUT2D eigenvalue weighted by Gasteiger charge is 2.73. The van der Waals surface area contributed by atoms with Gasteiger partial charge in [-0.05, 0) is 41.8 Å². The predicted octanol–water partition coefficient (Wildman–Crippen LogP) is 4.85. The number of hydrogen-bond acceptors (Lipinski definition) is 4. The van der Waals surface area contributed by atoms with Gasteiger partial charge in [-0.15, -0.1) is 0 Å². The number of rotatable bonds is 5. The number of nitrogens with one attached hydrogen (secondary N) is 1. The van der Waals surface area contributed by atoms with E-state index in [4.69, 9.17) is 0 Å². The maximum atomic E-state index is 14.2. The summed E-state index contributed by atoms with van der Waals surface area (Å²) in [6.07, 6.45) is -12.3. The molecule has 0 saturated carbocycles. The van der Waals surface area contributed by atoms with E-state index in [1.54, 1.807) is 0 Å². The average molecular weight is 554 g/mol. The number of nitrogens with zero attached hydrogens (tertiary/aromatic N) is 1. The summed E-state index contributed by atoms with van der Waals surface area (Å²) in [5.41, 5.74) is -6.79. The lowest BCUT2D eigenvalue weighted by molar-refractivity contribution is -0.348. The molecule has 2 amide bonds. The summed E-state index contributed by atoms with van der Waals surface area (Å²) in [4.78, 5) is 26.5. The zero-order valence-corrected chi connectivity index (χ0v) is 20.2. The van der Waals surface area contributed by atoms with Crippen molar-refractivity contribution in [1.82, 2.24) is 4.90 Å². The minimum Gasteiger partial charge on any atom is -0.326 e. The van der Waals surface area contributed by atoms with Gasteiger partial charge >= 0.3 is 18.0 Å². The topological polar surface area (TPSA) is 83.6 Å². The van der Waals surface area contributed by atoms with Crippen molar-refractivity contribution in [3.05, 3.63) is 59.2 Å². The SMILES string of the molecule is CCS(=O)(=O)c1ccc2c(c1)CCN(C(C)=O)C2C(=O)Nc1ccc(C(F)(C(F)(F)F)C(F)(F)F)cc1. The number of amides is 2. The zero-order chi connectivity index (χ0) is 28.0. The largest absolute Gasteiger partial charge is 0.435 e. The van der Waals surface area contributed by atoms with Crippen LogP contribution in [0.4, 0.5) is 36.4 Å². The zero-order valence-electron chi connectivity index (χ0n) is 19.4. The van der Waals surface area contributed by atoms with Crippen LogP contribution in [0.15, 0.2) is 47.4 Å². The molecule has 1 aliphatic rings. The van der Waals surface area contributed by atoms with Crippen LogP contribution in [0.5, 0.6) is 0 Å². The number of sulfone groups is 1. The van der Waals surface area contributed by atoms with E-state index >= 15 is 0 Å². The third-order valence-corrected chi connectivity index (χ3v) is 7.80. The minimum atomic E-state index is -6.28. The van der Waals surface area contributed by atoms with Gasteiger partial charge in [-0.2, -0.15) is 26.3 Å². The molecule has 14 heteroatoms. The quantitative estimate of drug-likeness (QED) is 0.536. The monoisotopic (exact) mass is 554 g/mol. The molecule has 0 saturated heterocycles. The average Bonchev–Trinajstić information content (AvgIpc) is 2.81. The van der Waals surface area contributed by atoms with Crippen LogP contribution >= 0.6 is 0 Å². The first kappa shape index (κ1) is 28.4. The summed E-state index contributed by atoms with van der Waals surface area (Å²) in [7, 11) is -3.56. The van der Waals surface area contributed by atoms with Crippen molar-refractivity contribution in [3.8, 4) is 0 Å². The van der Waals surface area contributed by atoms with E-state index in [0.717, 1.165) is 0 Å². The van der Waals surface area contributed by atoms with E-state index in [0.29, 0.717) is 23.3 Å². The van der Waals surface area contributed by atoms with E-state index in [2.05, 4.69) is 5.32 Å². The summed E-state index contributed by atoms with van der Waals surface area (Å²) >= 11 is 0. The Hall–Kier alpha value is -3.16. The molecular weight excluding hydrogens is 533 g/mol. The van der Waals surface area contributed by atoms with Gasteiger partial charge in [-0.3, -0.25) is 9.59 Å². The molecular formula is C23H21F7N2O4S. The maximum absolute atomic E-state index is 14.2. The van der Waals surface area contributed by atoms with Crippen LogP contribution < -0.4 is 5.32 Å². The maximum Gasteiger partial charge on any atom is 0.435 e. The summed E-state index contributed by atoms with van der Waals surface area (Å²) in [6.45, 7) is 2.71. The molecule has 6 nitrogen and oxygen atoms in total. The fourth-order valence-corrected chi connectivity index (χ4v) is 5.00. The number of alkyl halides is 7. The second-order valence-corrected chi connectivity index (χ2v) is 10.6. The Balaban J connectivity index is 1.95. The molecule has 1 atom stereocenters. The number of benzene rings is 2. The Morgan fingerprint density at radius 3 is 2.03 bits per heavy atom. The normalized spacial score (nSPS) is 16.8. The molecule has 1 heterocycles. The number of fused-ring (bicyclic) bond motifs is 1. The standard InChI is InChI=1S/C23H21F7N2O4S/c1-3-37(35,36)17-8-9-18-14(12-17)10-11-32(13(2)33)19(18)20(34)31-16-6-4-15(5-7-16)21(24,22(25,26)27)23(28,29)30/h4-9,12,19H,3,10-11H2,1-2H3,(H,31,34). The smallest absolute Gasteiger partial charge is 0.326 e. The number of hydrogen-bond donors (Lipinski definition) is 1. The number of carbonyl (C=O) groups excluding carboxylic acids is 2. The molecule has 0 spiro atoms. The first-order valence-electron chi connectivity index (χ1n) is 10.8. The van der Waals surface area contributed by atoms with Crippen molar-refractivity contribution in [2.45, 2.75) is 49.2 Å². The van der Waals surface area contributed by atoms with Crippen molar-refractivity contribution in [1.29, 1.82) is 0 Å². The van der Waals surface area contributed by atoms with E-state index in [1.807, 2.05) is 0 Å². The fraction of sp³-hybridized carbons (Fsp3) is 0.391. The van der Waals surface area contributed by atoms with Crippen LogP contribution in [0.1, 0.15) is 36.6 Å². The van der Waals surface area contributed by atoms with Gasteiger partial charge in [-0.25, -0.2) is 12.8 Å². The molecule has 202 valence electrons. The molecule has 3 rings (SSSR count). The Kier molecular flexibility index (Phi) is 7.38. The van der Waals surface area contributed by atoms with Crippen molar-refractivity contribution in [3.63, 3.8) is 0 Å². The van der Waals surface area contributed by atoms with Crippen LogP contribution in [0.3, 0.4) is 0 Å². The highest BCUT2D eigenvalue weighted by molar-refractivity contribution is 7.91. The molecule has 0 aliphatic carbocycles. The number of carbonyl (C=O) groups is 2. The third-order valence-electron chi connectivity index (χ3n) is 6.07. The number of halogens is 7. The second-order valence-electron chi connectivity index (χ2n) is 8.35. The first-order valence-corrected chi connectivity index (χ1v) is 12.5. The van der Waals surface area contributed by atoms with Crippen molar-refractivity contribution >= 4 is 27.3 Å².